The van der Waals surface area contributed by atoms with Gasteiger partial charge in [-0.15, -0.1) is 11.3 Å². The second-order valence-corrected chi connectivity index (χ2v) is 10.3. The molecule has 0 saturated heterocycles. The summed E-state index contributed by atoms with van der Waals surface area (Å²) in [4.78, 5) is 4.51. The first-order valence-electron chi connectivity index (χ1n) is 9.05. The van der Waals surface area contributed by atoms with Gasteiger partial charge in [0.05, 0.1) is 0 Å². The molecule has 26 heavy (non-hydrogen) atoms. The van der Waals surface area contributed by atoms with Crippen LogP contribution in [0.25, 0.3) is 0 Å². The van der Waals surface area contributed by atoms with E-state index in [-0.39, 0.29) is 5.78 Å². The van der Waals surface area contributed by atoms with Crippen molar-refractivity contribution in [2.75, 3.05) is 6.16 Å². The topological polar surface area (TPSA) is 42.0 Å². The molecule has 0 aliphatic carbocycles. The standard InChI is InChI=1S/C21H25N2OPS/c1-2-3-15-25(24,19-12-8-5-9-13-19)20(21-22-14-16-26-21)23-17-18-10-6-4-7-11-18/h4-14,16,20,23H,2-3,15,17H2,1H3. The molecule has 3 aromatic rings. The summed E-state index contributed by atoms with van der Waals surface area (Å²) in [6, 6.07) is 20.2. The van der Waals surface area contributed by atoms with Crippen molar-refractivity contribution in [3.63, 3.8) is 0 Å². The van der Waals surface area contributed by atoms with Gasteiger partial charge < -0.3 is 4.57 Å². The molecule has 0 radical (unpaired) electrons. The fourth-order valence-electron chi connectivity index (χ4n) is 3.07. The maximum absolute atomic E-state index is 14.3. The third-order valence-corrected chi connectivity index (χ3v) is 8.91. The molecule has 0 aliphatic rings. The molecule has 2 unspecified atom stereocenters. The van der Waals surface area contributed by atoms with E-state index in [2.05, 4.69) is 29.4 Å². The van der Waals surface area contributed by atoms with Gasteiger partial charge in [-0.2, -0.15) is 0 Å². The predicted octanol–water partition coefficient (Wildman–Crippen LogP) is 5.42. The number of benzene rings is 2. The van der Waals surface area contributed by atoms with E-state index < -0.39 is 7.14 Å². The maximum Gasteiger partial charge on any atom is 0.138 e. The zero-order valence-electron chi connectivity index (χ0n) is 15.0. The molecular formula is C21H25N2OPS. The Labute approximate surface area is 159 Å². The molecule has 136 valence electrons. The van der Waals surface area contributed by atoms with Gasteiger partial charge in [0, 0.05) is 29.6 Å². The van der Waals surface area contributed by atoms with Gasteiger partial charge in [-0.1, -0.05) is 74.0 Å². The number of nitrogens with zero attached hydrogens (tertiary/aromatic N) is 1. The Hall–Kier alpha value is -1.74. The first-order valence-corrected chi connectivity index (χ1v) is 11.9. The number of rotatable bonds is 9. The van der Waals surface area contributed by atoms with E-state index in [0.29, 0.717) is 12.7 Å². The molecule has 0 spiro atoms. The summed E-state index contributed by atoms with van der Waals surface area (Å²) in [7, 11) is -2.69. The molecular weight excluding hydrogens is 359 g/mol. The van der Waals surface area contributed by atoms with Gasteiger partial charge in [0.2, 0.25) is 0 Å². The van der Waals surface area contributed by atoms with Crippen LogP contribution in [-0.2, 0) is 11.1 Å². The summed E-state index contributed by atoms with van der Waals surface area (Å²) in [5, 5.41) is 7.38. The summed E-state index contributed by atoms with van der Waals surface area (Å²) in [5.41, 5.74) is 1.18. The van der Waals surface area contributed by atoms with Crippen molar-refractivity contribution in [1.82, 2.24) is 10.3 Å². The van der Waals surface area contributed by atoms with Crippen molar-refractivity contribution in [2.24, 2.45) is 0 Å². The van der Waals surface area contributed by atoms with Gasteiger partial charge in [-0.25, -0.2) is 4.98 Å². The normalized spacial score (nSPS) is 14.7. The molecule has 3 rings (SSSR count). The molecule has 3 nitrogen and oxygen atoms in total. The summed E-state index contributed by atoms with van der Waals surface area (Å²) >= 11 is 1.58. The van der Waals surface area contributed by atoms with Crippen molar-refractivity contribution >= 4 is 23.8 Å². The van der Waals surface area contributed by atoms with E-state index >= 15 is 0 Å². The second kappa shape index (κ2) is 9.27. The zero-order chi connectivity index (χ0) is 18.2. The van der Waals surface area contributed by atoms with Crippen LogP contribution in [0, 0.1) is 0 Å². The first kappa shape index (κ1) is 19.0. The van der Waals surface area contributed by atoms with Crippen LogP contribution < -0.4 is 10.6 Å². The summed E-state index contributed by atoms with van der Waals surface area (Å²) in [5.74, 6) is -0.253. The minimum absolute atomic E-state index is 0.253. The molecule has 1 aromatic heterocycles. The Morgan fingerprint density at radius 3 is 2.38 bits per heavy atom. The fraction of sp³-hybridized carbons (Fsp3) is 0.286. The molecule has 5 heteroatoms. The van der Waals surface area contributed by atoms with Crippen LogP contribution in [0.3, 0.4) is 0 Å². The van der Waals surface area contributed by atoms with Gasteiger partial charge in [-0.3, -0.25) is 5.32 Å². The van der Waals surface area contributed by atoms with Gasteiger partial charge in [-0.05, 0) is 12.0 Å². The lowest BCUT2D eigenvalue weighted by atomic mass is 10.2. The van der Waals surface area contributed by atoms with Crippen LogP contribution in [0.15, 0.2) is 72.2 Å². The van der Waals surface area contributed by atoms with Crippen molar-refractivity contribution in [3.05, 3.63) is 82.8 Å². The zero-order valence-corrected chi connectivity index (χ0v) is 16.8. The second-order valence-electron chi connectivity index (χ2n) is 6.35. The van der Waals surface area contributed by atoms with Crippen LogP contribution >= 0.6 is 18.5 Å². The third-order valence-electron chi connectivity index (χ3n) is 4.48. The minimum Gasteiger partial charge on any atom is -0.317 e. The van der Waals surface area contributed by atoms with Crippen LogP contribution in [0.2, 0.25) is 0 Å². The Balaban J connectivity index is 1.95. The highest BCUT2D eigenvalue weighted by Gasteiger charge is 2.36. The van der Waals surface area contributed by atoms with E-state index in [0.717, 1.165) is 23.2 Å². The smallest absolute Gasteiger partial charge is 0.138 e. The SMILES string of the molecule is CCCCP(=O)(c1ccccc1)C(NCc1ccccc1)c1nccs1. The van der Waals surface area contributed by atoms with Crippen molar-refractivity contribution in [2.45, 2.75) is 32.1 Å². The Bertz CT molecular complexity index is 822. The lowest BCUT2D eigenvalue weighted by Crippen LogP contribution is -2.26. The maximum atomic E-state index is 14.3. The highest BCUT2D eigenvalue weighted by molar-refractivity contribution is 7.72. The van der Waals surface area contributed by atoms with Crippen LogP contribution in [0.4, 0.5) is 0 Å². The van der Waals surface area contributed by atoms with Gasteiger partial charge in [0.15, 0.2) is 0 Å². The van der Waals surface area contributed by atoms with E-state index in [1.807, 2.05) is 53.9 Å². The van der Waals surface area contributed by atoms with Crippen LogP contribution in [0.1, 0.15) is 36.1 Å². The molecule has 0 saturated carbocycles. The summed E-state index contributed by atoms with van der Waals surface area (Å²) in [6.45, 7) is 2.82. The van der Waals surface area contributed by atoms with E-state index in [1.54, 1.807) is 17.5 Å². The number of hydrogen-bond donors (Lipinski definition) is 1. The number of thiazole rings is 1. The Morgan fingerprint density at radius 1 is 1.08 bits per heavy atom. The predicted molar refractivity (Wildman–Crippen MR) is 112 cm³/mol. The highest BCUT2D eigenvalue weighted by atomic mass is 32.1. The van der Waals surface area contributed by atoms with Gasteiger partial charge >= 0.3 is 0 Å². The number of aromatic nitrogens is 1. The van der Waals surface area contributed by atoms with Gasteiger partial charge in [0.1, 0.15) is 17.9 Å². The Kier molecular flexibility index (Phi) is 6.79. The molecule has 0 amide bonds. The quantitative estimate of drug-likeness (QED) is 0.501. The molecule has 0 aliphatic heterocycles. The van der Waals surface area contributed by atoms with Crippen molar-refractivity contribution in [1.29, 1.82) is 0 Å². The average Bonchev–Trinajstić information content (AvgIpc) is 3.22. The lowest BCUT2D eigenvalue weighted by Gasteiger charge is -2.28. The van der Waals surface area contributed by atoms with Gasteiger partial charge in [0.25, 0.3) is 0 Å². The van der Waals surface area contributed by atoms with Crippen molar-refractivity contribution < 1.29 is 4.57 Å². The fourth-order valence-corrected chi connectivity index (χ4v) is 7.45. The molecule has 1 N–H and O–H groups in total. The molecule has 0 bridgehead atoms. The molecule has 2 atom stereocenters. The van der Waals surface area contributed by atoms with Crippen molar-refractivity contribution in [3.8, 4) is 0 Å². The molecule has 1 heterocycles. The third kappa shape index (κ3) is 4.50. The van der Waals surface area contributed by atoms with E-state index in [1.165, 1.54) is 5.56 Å². The number of nitrogens with one attached hydrogen (secondary N) is 1. The molecule has 2 aromatic carbocycles. The first-order chi connectivity index (χ1) is 12.7. The largest absolute Gasteiger partial charge is 0.317 e. The van der Waals surface area contributed by atoms with E-state index in [4.69, 9.17) is 0 Å². The number of hydrogen-bond acceptors (Lipinski definition) is 4. The van der Waals surface area contributed by atoms with E-state index in [9.17, 15) is 4.57 Å². The lowest BCUT2D eigenvalue weighted by molar-refractivity contribution is 0.549. The van der Waals surface area contributed by atoms with Crippen LogP contribution in [0.5, 0.6) is 0 Å². The summed E-state index contributed by atoms with van der Waals surface area (Å²) in [6.07, 6.45) is 4.47. The minimum atomic E-state index is -2.69. The van der Waals surface area contributed by atoms with Crippen LogP contribution in [-0.4, -0.2) is 11.1 Å². The number of unbranched alkanes of at least 4 members (excludes halogenated alkanes) is 1. The average molecular weight is 384 g/mol. The highest BCUT2D eigenvalue weighted by Crippen LogP contribution is 2.57. The summed E-state index contributed by atoms with van der Waals surface area (Å²) < 4.78 is 14.3. The Morgan fingerprint density at radius 2 is 1.77 bits per heavy atom. The molecule has 0 fully saturated rings. The monoisotopic (exact) mass is 384 g/mol.